The molecule has 1 N–H and O–H groups in total. The molecule has 3 heterocycles. The summed E-state index contributed by atoms with van der Waals surface area (Å²) in [5.41, 5.74) is 0.661. The van der Waals surface area contributed by atoms with Crippen molar-refractivity contribution in [1.29, 1.82) is 0 Å². The van der Waals surface area contributed by atoms with Crippen LogP contribution in [0.3, 0.4) is 0 Å². The maximum Gasteiger partial charge on any atom is 0.200 e. The van der Waals surface area contributed by atoms with Crippen molar-refractivity contribution in [2.24, 2.45) is 0 Å². The SMILES string of the molecule is CN1CCCC1CNc1ccc2nnnn2n1. The maximum absolute atomic E-state index is 4.27. The standard InChI is InChI=1S/C10H15N7/c1-16-6-2-3-8(16)7-11-9-4-5-10-12-14-15-17(10)13-9/h4-5,8H,2-3,6-7H2,1H3,(H,11,13). The Hall–Kier alpha value is -1.76. The largest absolute Gasteiger partial charge is 0.367 e. The van der Waals surface area contributed by atoms with Gasteiger partial charge >= 0.3 is 0 Å². The molecule has 0 amide bonds. The molecule has 3 rings (SSSR count). The number of tetrazole rings is 1. The van der Waals surface area contributed by atoms with Gasteiger partial charge in [0.15, 0.2) is 5.65 Å². The summed E-state index contributed by atoms with van der Waals surface area (Å²) in [5, 5.41) is 18.7. The van der Waals surface area contributed by atoms with Crippen LogP contribution in [0.1, 0.15) is 12.8 Å². The molecule has 0 spiro atoms. The average Bonchev–Trinajstić information content (AvgIpc) is 2.94. The van der Waals surface area contributed by atoms with Crippen molar-refractivity contribution in [2.75, 3.05) is 25.5 Å². The van der Waals surface area contributed by atoms with E-state index in [9.17, 15) is 0 Å². The van der Waals surface area contributed by atoms with Gasteiger partial charge in [-0.25, -0.2) is 0 Å². The van der Waals surface area contributed by atoms with Crippen LogP contribution in [0, 0.1) is 0 Å². The molecule has 0 saturated carbocycles. The van der Waals surface area contributed by atoms with Crippen LogP contribution in [0.4, 0.5) is 5.82 Å². The summed E-state index contributed by atoms with van der Waals surface area (Å²) in [6, 6.07) is 4.36. The van der Waals surface area contributed by atoms with Crippen LogP contribution < -0.4 is 5.32 Å². The third kappa shape index (κ3) is 2.05. The van der Waals surface area contributed by atoms with E-state index in [1.807, 2.05) is 12.1 Å². The smallest absolute Gasteiger partial charge is 0.200 e. The zero-order valence-corrected chi connectivity index (χ0v) is 9.74. The van der Waals surface area contributed by atoms with Gasteiger partial charge in [-0.15, -0.1) is 14.8 Å². The number of likely N-dealkylation sites (N-methyl/N-ethyl adjacent to an activating group) is 1. The van der Waals surface area contributed by atoms with E-state index >= 15 is 0 Å². The lowest BCUT2D eigenvalue weighted by Gasteiger charge is -2.19. The highest BCUT2D eigenvalue weighted by molar-refractivity contribution is 5.42. The van der Waals surface area contributed by atoms with Crippen molar-refractivity contribution in [3.05, 3.63) is 12.1 Å². The lowest BCUT2D eigenvalue weighted by atomic mass is 10.2. The Kier molecular flexibility index (Phi) is 2.60. The minimum atomic E-state index is 0.598. The van der Waals surface area contributed by atoms with Crippen molar-refractivity contribution < 1.29 is 0 Å². The number of aromatic nitrogens is 5. The number of fused-ring (bicyclic) bond motifs is 1. The Morgan fingerprint density at radius 1 is 1.47 bits per heavy atom. The van der Waals surface area contributed by atoms with Crippen LogP contribution in [0.5, 0.6) is 0 Å². The predicted octanol–water partition coefficient (Wildman–Crippen LogP) is 0.0254. The average molecular weight is 233 g/mol. The van der Waals surface area contributed by atoms with E-state index in [0.29, 0.717) is 11.7 Å². The Morgan fingerprint density at radius 2 is 2.41 bits per heavy atom. The van der Waals surface area contributed by atoms with Gasteiger partial charge in [-0.2, -0.15) is 0 Å². The topological polar surface area (TPSA) is 71.2 Å². The lowest BCUT2D eigenvalue weighted by Crippen LogP contribution is -2.31. The van der Waals surface area contributed by atoms with E-state index < -0.39 is 0 Å². The van der Waals surface area contributed by atoms with Gasteiger partial charge in [0.05, 0.1) is 0 Å². The zero-order chi connectivity index (χ0) is 11.7. The third-order valence-corrected chi connectivity index (χ3v) is 3.26. The van der Waals surface area contributed by atoms with Crippen molar-refractivity contribution >= 4 is 11.5 Å². The molecule has 7 heteroatoms. The van der Waals surface area contributed by atoms with E-state index in [-0.39, 0.29) is 0 Å². The van der Waals surface area contributed by atoms with Gasteiger partial charge in [-0.1, -0.05) is 0 Å². The highest BCUT2D eigenvalue weighted by Crippen LogP contribution is 2.15. The Labute approximate surface area is 98.8 Å². The Balaban J connectivity index is 1.67. The molecule has 1 atom stereocenters. The maximum atomic E-state index is 4.27. The molecule has 0 aliphatic carbocycles. The van der Waals surface area contributed by atoms with Gasteiger partial charge < -0.3 is 10.2 Å². The van der Waals surface area contributed by atoms with E-state index in [1.165, 1.54) is 24.0 Å². The Morgan fingerprint density at radius 3 is 3.24 bits per heavy atom. The normalized spacial score (nSPS) is 21.1. The van der Waals surface area contributed by atoms with E-state index in [0.717, 1.165) is 12.4 Å². The summed E-state index contributed by atoms with van der Waals surface area (Å²) < 4.78 is 1.43. The highest BCUT2D eigenvalue weighted by Gasteiger charge is 2.20. The molecule has 2 aromatic rings. The van der Waals surface area contributed by atoms with Crippen molar-refractivity contribution in [2.45, 2.75) is 18.9 Å². The summed E-state index contributed by atoms with van der Waals surface area (Å²) in [6.45, 7) is 2.10. The van der Waals surface area contributed by atoms with E-state index in [2.05, 4.69) is 37.9 Å². The first-order chi connectivity index (χ1) is 8.33. The van der Waals surface area contributed by atoms with Crippen molar-refractivity contribution in [3.8, 4) is 0 Å². The number of likely N-dealkylation sites (tertiary alicyclic amines) is 1. The fraction of sp³-hybridized carbons (Fsp3) is 0.600. The third-order valence-electron chi connectivity index (χ3n) is 3.26. The quantitative estimate of drug-likeness (QED) is 0.806. The molecule has 90 valence electrons. The molecular weight excluding hydrogens is 218 g/mol. The minimum absolute atomic E-state index is 0.598. The summed E-state index contributed by atoms with van der Waals surface area (Å²) in [6.07, 6.45) is 2.53. The molecule has 1 fully saturated rings. The second-order valence-corrected chi connectivity index (χ2v) is 4.40. The lowest BCUT2D eigenvalue weighted by molar-refractivity contribution is 0.322. The molecule has 0 radical (unpaired) electrons. The van der Waals surface area contributed by atoms with Gasteiger partial charge in [0.25, 0.3) is 0 Å². The molecule has 2 aromatic heterocycles. The Bertz CT molecular complexity index is 508. The van der Waals surface area contributed by atoms with E-state index in [1.54, 1.807) is 0 Å². The highest BCUT2D eigenvalue weighted by atomic mass is 15.6. The molecule has 17 heavy (non-hydrogen) atoms. The summed E-state index contributed by atoms with van der Waals surface area (Å²) in [5.74, 6) is 0.810. The molecule has 7 nitrogen and oxygen atoms in total. The van der Waals surface area contributed by atoms with Crippen LogP contribution in [-0.2, 0) is 0 Å². The molecule has 1 unspecified atom stereocenters. The fourth-order valence-electron chi connectivity index (χ4n) is 2.20. The van der Waals surface area contributed by atoms with Crippen molar-refractivity contribution in [3.63, 3.8) is 0 Å². The number of hydrogen-bond acceptors (Lipinski definition) is 6. The van der Waals surface area contributed by atoms with Gasteiger partial charge in [0.2, 0.25) is 0 Å². The number of nitrogens with zero attached hydrogens (tertiary/aromatic N) is 6. The summed E-state index contributed by atoms with van der Waals surface area (Å²) >= 11 is 0. The van der Waals surface area contributed by atoms with Gasteiger partial charge in [-0.05, 0) is 49.0 Å². The van der Waals surface area contributed by atoms with Crippen LogP contribution in [0.15, 0.2) is 12.1 Å². The first-order valence-electron chi connectivity index (χ1n) is 5.82. The second-order valence-electron chi connectivity index (χ2n) is 4.40. The molecule has 0 bridgehead atoms. The van der Waals surface area contributed by atoms with Crippen LogP contribution in [0.2, 0.25) is 0 Å². The van der Waals surface area contributed by atoms with Gasteiger partial charge in [-0.3, -0.25) is 0 Å². The minimum Gasteiger partial charge on any atom is -0.367 e. The van der Waals surface area contributed by atoms with E-state index in [4.69, 9.17) is 0 Å². The van der Waals surface area contributed by atoms with Gasteiger partial charge in [0, 0.05) is 12.6 Å². The molecule has 1 saturated heterocycles. The van der Waals surface area contributed by atoms with Crippen LogP contribution in [-0.4, -0.2) is 56.3 Å². The van der Waals surface area contributed by atoms with Crippen LogP contribution in [0.25, 0.3) is 5.65 Å². The number of hydrogen-bond donors (Lipinski definition) is 1. The van der Waals surface area contributed by atoms with Crippen LogP contribution >= 0.6 is 0 Å². The first-order valence-corrected chi connectivity index (χ1v) is 5.82. The summed E-state index contributed by atoms with van der Waals surface area (Å²) in [7, 11) is 2.16. The van der Waals surface area contributed by atoms with Crippen molar-refractivity contribution in [1.82, 2.24) is 30.2 Å². The molecular formula is C10H15N7. The number of rotatable bonds is 3. The first kappa shape index (κ1) is 10.4. The summed E-state index contributed by atoms with van der Waals surface area (Å²) in [4.78, 5) is 2.38. The monoisotopic (exact) mass is 233 g/mol. The van der Waals surface area contributed by atoms with Gasteiger partial charge in [0.1, 0.15) is 5.82 Å². The zero-order valence-electron chi connectivity index (χ0n) is 9.74. The molecule has 1 aliphatic heterocycles. The predicted molar refractivity (Wildman–Crippen MR) is 62.7 cm³/mol. The molecule has 0 aromatic carbocycles. The number of anilines is 1. The second kappa shape index (κ2) is 4.25. The number of nitrogens with one attached hydrogen (secondary N) is 1. The fourth-order valence-corrected chi connectivity index (χ4v) is 2.20. The molecule has 1 aliphatic rings.